The summed E-state index contributed by atoms with van der Waals surface area (Å²) in [7, 11) is 0. The predicted octanol–water partition coefficient (Wildman–Crippen LogP) is 5.05. The third kappa shape index (κ3) is 5.55. The van der Waals surface area contributed by atoms with Crippen molar-refractivity contribution in [3.05, 3.63) is 40.9 Å². The van der Waals surface area contributed by atoms with Gasteiger partial charge in [-0.15, -0.1) is 11.3 Å². The number of esters is 1. The molecular weight excluding hydrogens is 376 g/mol. The zero-order valence-corrected chi connectivity index (χ0v) is 17.5. The van der Waals surface area contributed by atoms with Gasteiger partial charge in [0.25, 0.3) is 0 Å². The number of aryl methyl sites for hydroxylation is 1. The average molecular weight is 405 g/mol. The van der Waals surface area contributed by atoms with Gasteiger partial charge in [-0.2, -0.15) is 0 Å². The molecule has 0 aliphatic rings. The highest BCUT2D eigenvalue weighted by atomic mass is 32.1. The van der Waals surface area contributed by atoms with E-state index in [9.17, 15) is 14.7 Å². The Labute approximate surface area is 170 Å². The highest BCUT2D eigenvalue weighted by Crippen LogP contribution is 2.41. The van der Waals surface area contributed by atoms with Crippen LogP contribution in [0.5, 0.6) is 0 Å². The zero-order chi connectivity index (χ0) is 20.6. The van der Waals surface area contributed by atoms with Gasteiger partial charge in [-0.25, -0.2) is 4.98 Å². The minimum atomic E-state index is -0.977. The number of ether oxygens (including phenoxy) is 1. The van der Waals surface area contributed by atoms with Crippen molar-refractivity contribution in [3.63, 3.8) is 0 Å². The SMILES string of the molecule is CCCCC(CCC(=O)O)(C(=O)OCC)c1cnc(Nc2ccc(C)cc2)s1. The summed E-state index contributed by atoms with van der Waals surface area (Å²) in [6.07, 6.45) is 4.03. The Morgan fingerprint density at radius 1 is 1.21 bits per heavy atom. The fourth-order valence-corrected chi connectivity index (χ4v) is 4.13. The van der Waals surface area contributed by atoms with E-state index in [4.69, 9.17) is 4.74 Å². The van der Waals surface area contributed by atoms with E-state index in [1.165, 1.54) is 16.9 Å². The highest BCUT2D eigenvalue weighted by molar-refractivity contribution is 7.15. The maximum atomic E-state index is 12.9. The van der Waals surface area contributed by atoms with Crippen molar-refractivity contribution in [1.82, 2.24) is 4.98 Å². The van der Waals surface area contributed by atoms with Crippen LogP contribution < -0.4 is 5.32 Å². The molecule has 2 N–H and O–H groups in total. The number of carboxylic acids is 1. The van der Waals surface area contributed by atoms with Gasteiger partial charge in [-0.1, -0.05) is 37.5 Å². The summed E-state index contributed by atoms with van der Waals surface area (Å²) in [5.41, 5.74) is 1.10. The van der Waals surface area contributed by atoms with Gasteiger partial charge in [-0.05, 0) is 38.8 Å². The highest BCUT2D eigenvalue weighted by Gasteiger charge is 2.43. The number of nitrogens with zero attached hydrogens (tertiary/aromatic N) is 1. The molecular formula is C21H28N2O4S. The molecule has 1 aromatic carbocycles. The van der Waals surface area contributed by atoms with Crippen LogP contribution in [0, 0.1) is 6.92 Å². The Balaban J connectivity index is 2.34. The molecule has 1 unspecified atom stereocenters. The molecule has 2 rings (SSSR count). The van der Waals surface area contributed by atoms with Gasteiger partial charge < -0.3 is 15.2 Å². The third-order valence-electron chi connectivity index (χ3n) is 4.67. The molecule has 0 radical (unpaired) electrons. The minimum Gasteiger partial charge on any atom is -0.481 e. The number of aromatic nitrogens is 1. The van der Waals surface area contributed by atoms with Crippen LogP contribution in [-0.2, 0) is 19.7 Å². The molecule has 28 heavy (non-hydrogen) atoms. The fraction of sp³-hybridized carbons (Fsp3) is 0.476. The predicted molar refractivity (Wildman–Crippen MR) is 111 cm³/mol. The molecule has 0 aliphatic carbocycles. The maximum absolute atomic E-state index is 12.9. The van der Waals surface area contributed by atoms with Crippen LogP contribution in [0.3, 0.4) is 0 Å². The van der Waals surface area contributed by atoms with Crippen molar-refractivity contribution in [2.75, 3.05) is 11.9 Å². The van der Waals surface area contributed by atoms with E-state index in [0.717, 1.165) is 23.4 Å². The second-order valence-electron chi connectivity index (χ2n) is 6.82. The zero-order valence-electron chi connectivity index (χ0n) is 16.7. The standard InChI is InChI=1S/C21H28N2O4S/c1-4-6-12-21(13-11-18(24)25,19(26)27-5-2)17-14-22-20(28-17)23-16-9-7-15(3)8-10-16/h7-10,14H,4-6,11-13H2,1-3H3,(H,22,23)(H,24,25). The van der Waals surface area contributed by atoms with Gasteiger partial charge in [0.1, 0.15) is 5.41 Å². The summed E-state index contributed by atoms with van der Waals surface area (Å²) in [4.78, 5) is 29.3. The van der Waals surface area contributed by atoms with Crippen molar-refractivity contribution in [1.29, 1.82) is 0 Å². The lowest BCUT2D eigenvalue weighted by atomic mass is 9.77. The molecule has 0 saturated carbocycles. The van der Waals surface area contributed by atoms with Crippen molar-refractivity contribution < 1.29 is 19.4 Å². The summed E-state index contributed by atoms with van der Waals surface area (Å²) in [5, 5.41) is 13.1. The number of carbonyl (C=O) groups is 2. The molecule has 6 nitrogen and oxygen atoms in total. The largest absolute Gasteiger partial charge is 0.481 e. The molecule has 7 heteroatoms. The molecule has 1 atom stereocenters. The topological polar surface area (TPSA) is 88.5 Å². The maximum Gasteiger partial charge on any atom is 0.317 e. The van der Waals surface area contributed by atoms with Gasteiger partial charge in [0.2, 0.25) is 0 Å². The smallest absolute Gasteiger partial charge is 0.317 e. The average Bonchev–Trinajstić information content (AvgIpc) is 3.13. The van der Waals surface area contributed by atoms with Crippen molar-refractivity contribution >= 4 is 34.1 Å². The Kier molecular flexibility index (Phi) is 7.99. The van der Waals surface area contributed by atoms with Gasteiger partial charge in [-0.3, -0.25) is 9.59 Å². The van der Waals surface area contributed by atoms with Gasteiger partial charge in [0, 0.05) is 23.2 Å². The first-order chi connectivity index (χ1) is 13.4. The summed E-state index contributed by atoms with van der Waals surface area (Å²) < 4.78 is 5.36. The van der Waals surface area contributed by atoms with Crippen LogP contribution in [0.1, 0.15) is 56.4 Å². The minimum absolute atomic E-state index is 0.0961. The lowest BCUT2D eigenvalue weighted by Crippen LogP contribution is -2.37. The number of anilines is 2. The number of unbranched alkanes of at least 4 members (excludes halogenated alkanes) is 1. The first-order valence-corrected chi connectivity index (χ1v) is 10.4. The van der Waals surface area contributed by atoms with Crippen LogP contribution in [0.25, 0.3) is 0 Å². The van der Waals surface area contributed by atoms with E-state index in [1.54, 1.807) is 13.1 Å². The van der Waals surface area contributed by atoms with E-state index in [2.05, 4.69) is 10.3 Å². The van der Waals surface area contributed by atoms with E-state index in [-0.39, 0.29) is 25.4 Å². The quantitative estimate of drug-likeness (QED) is 0.510. The number of thiazole rings is 1. The van der Waals surface area contributed by atoms with Crippen LogP contribution in [0.2, 0.25) is 0 Å². The first kappa shape index (κ1) is 21.9. The summed E-state index contributed by atoms with van der Waals surface area (Å²) in [6, 6.07) is 7.95. The van der Waals surface area contributed by atoms with Crippen LogP contribution >= 0.6 is 11.3 Å². The normalized spacial score (nSPS) is 13.0. The van der Waals surface area contributed by atoms with Crippen molar-refractivity contribution in [3.8, 4) is 0 Å². The lowest BCUT2D eigenvalue weighted by molar-refractivity contribution is -0.151. The summed E-state index contributed by atoms with van der Waals surface area (Å²) in [6.45, 7) is 6.09. The molecule has 1 heterocycles. The first-order valence-electron chi connectivity index (χ1n) is 9.60. The molecule has 0 aliphatic heterocycles. The second kappa shape index (κ2) is 10.2. The number of nitrogens with one attached hydrogen (secondary N) is 1. The van der Waals surface area contributed by atoms with Crippen molar-refractivity contribution in [2.45, 2.75) is 58.3 Å². The van der Waals surface area contributed by atoms with Gasteiger partial charge >= 0.3 is 11.9 Å². The van der Waals surface area contributed by atoms with Crippen LogP contribution in [0.15, 0.2) is 30.5 Å². The number of hydrogen-bond donors (Lipinski definition) is 2. The molecule has 0 bridgehead atoms. The summed E-state index contributed by atoms with van der Waals surface area (Å²) in [5.74, 6) is -1.29. The molecule has 0 fully saturated rings. The Hall–Kier alpha value is -2.41. The lowest BCUT2D eigenvalue weighted by Gasteiger charge is -2.29. The number of rotatable bonds is 11. The Bertz CT molecular complexity index is 788. The molecule has 0 spiro atoms. The second-order valence-corrected chi connectivity index (χ2v) is 7.85. The Morgan fingerprint density at radius 3 is 2.54 bits per heavy atom. The molecule has 0 saturated heterocycles. The van der Waals surface area contributed by atoms with Gasteiger partial charge in [0.05, 0.1) is 6.61 Å². The molecule has 2 aromatic rings. The number of benzene rings is 1. The number of hydrogen-bond acceptors (Lipinski definition) is 6. The van der Waals surface area contributed by atoms with E-state index in [1.807, 2.05) is 38.1 Å². The number of aliphatic carboxylic acids is 1. The van der Waals surface area contributed by atoms with E-state index < -0.39 is 11.4 Å². The van der Waals surface area contributed by atoms with Crippen LogP contribution in [0.4, 0.5) is 10.8 Å². The van der Waals surface area contributed by atoms with Crippen molar-refractivity contribution in [2.24, 2.45) is 0 Å². The number of carbonyl (C=O) groups excluding carboxylic acids is 1. The van der Waals surface area contributed by atoms with Gasteiger partial charge in [0.15, 0.2) is 5.13 Å². The molecule has 152 valence electrons. The van der Waals surface area contributed by atoms with E-state index in [0.29, 0.717) is 11.6 Å². The monoisotopic (exact) mass is 404 g/mol. The third-order valence-corrected chi connectivity index (χ3v) is 5.79. The Morgan fingerprint density at radius 2 is 1.93 bits per heavy atom. The molecule has 0 amide bonds. The molecule has 1 aromatic heterocycles. The van der Waals surface area contributed by atoms with Crippen LogP contribution in [-0.4, -0.2) is 28.6 Å². The fourth-order valence-electron chi connectivity index (χ4n) is 3.06. The summed E-state index contributed by atoms with van der Waals surface area (Å²) >= 11 is 1.38. The van der Waals surface area contributed by atoms with E-state index >= 15 is 0 Å². The number of carboxylic acid groups (broad SMARTS) is 1.